The largest absolute Gasteiger partial charge is 0.493 e. The number of nitrogens with one attached hydrogen (secondary N) is 1. The SMILES string of the molecule is COc1cccc2c1OC(C)C(C=C(C#N)C(=O)Nc1ccc(C)cc1)=C2. The molecule has 5 heteroatoms. The van der Waals surface area contributed by atoms with Crippen LogP contribution in [0.1, 0.15) is 18.1 Å². The molecule has 0 saturated carbocycles. The van der Waals surface area contributed by atoms with E-state index in [9.17, 15) is 10.1 Å². The summed E-state index contributed by atoms with van der Waals surface area (Å²) < 4.78 is 11.3. The Bertz CT molecular complexity index is 966. The van der Waals surface area contributed by atoms with E-state index < -0.39 is 5.91 Å². The monoisotopic (exact) mass is 360 g/mol. The van der Waals surface area contributed by atoms with Crippen molar-refractivity contribution in [3.63, 3.8) is 0 Å². The van der Waals surface area contributed by atoms with E-state index in [-0.39, 0.29) is 11.7 Å². The van der Waals surface area contributed by atoms with Crippen molar-refractivity contribution in [2.24, 2.45) is 0 Å². The number of ether oxygens (including phenoxy) is 2. The van der Waals surface area contributed by atoms with E-state index in [4.69, 9.17) is 9.47 Å². The van der Waals surface area contributed by atoms with Crippen LogP contribution in [0.25, 0.3) is 6.08 Å². The van der Waals surface area contributed by atoms with E-state index in [1.165, 1.54) is 0 Å². The van der Waals surface area contributed by atoms with Gasteiger partial charge in [-0.2, -0.15) is 5.26 Å². The van der Waals surface area contributed by atoms with Gasteiger partial charge in [-0.15, -0.1) is 0 Å². The third-order valence-electron chi connectivity index (χ3n) is 4.30. The Morgan fingerprint density at radius 1 is 1.26 bits per heavy atom. The van der Waals surface area contributed by atoms with Crippen molar-refractivity contribution in [2.75, 3.05) is 12.4 Å². The fourth-order valence-electron chi connectivity index (χ4n) is 2.78. The third kappa shape index (κ3) is 4.01. The van der Waals surface area contributed by atoms with Gasteiger partial charge in [-0.1, -0.05) is 29.8 Å². The predicted molar refractivity (Wildman–Crippen MR) is 105 cm³/mol. The number of nitrogens with zero attached hydrogens (tertiary/aromatic N) is 1. The first-order chi connectivity index (χ1) is 13.0. The Labute approximate surface area is 158 Å². The normalized spacial score (nSPS) is 15.7. The molecular formula is C22H20N2O3. The number of para-hydroxylation sites is 1. The van der Waals surface area contributed by atoms with E-state index in [1.807, 2.05) is 56.3 Å². The third-order valence-corrected chi connectivity index (χ3v) is 4.30. The fraction of sp³-hybridized carbons (Fsp3) is 0.182. The number of benzene rings is 2. The summed E-state index contributed by atoms with van der Waals surface area (Å²) >= 11 is 0. The van der Waals surface area contributed by atoms with Crippen molar-refractivity contribution in [1.82, 2.24) is 0 Å². The highest BCUT2D eigenvalue weighted by molar-refractivity contribution is 6.07. The molecule has 5 nitrogen and oxygen atoms in total. The fourth-order valence-corrected chi connectivity index (χ4v) is 2.78. The number of hydrogen-bond acceptors (Lipinski definition) is 4. The summed E-state index contributed by atoms with van der Waals surface area (Å²) in [4.78, 5) is 12.5. The molecule has 0 fully saturated rings. The van der Waals surface area contributed by atoms with Crippen LogP contribution in [0.15, 0.2) is 59.7 Å². The summed E-state index contributed by atoms with van der Waals surface area (Å²) in [7, 11) is 1.59. The van der Waals surface area contributed by atoms with Crippen LogP contribution in [0.2, 0.25) is 0 Å². The van der Waals surface area contributed by atoms with Crippen molar-refractivity contribution in [2.45, 2.75) is 20.0 Å². The summed E-state index contributed by atoms with van der Waals surface area (Å²) in [6.07, 6.45) is 3.16. The Morgan fingerprint density at radius 2 is 2.00 bits per heavy atom. The van der Waals surface area contributed by atoms with Gasteiger partial charge in [0.15, 0.2) is 11.5 Å². The molecule has 1 amide bonds. The zero-order valence-corrected chi connectivity index (χ0v) is 15.4. The maximum atomic E-state index is 12.5. The number of methoxy groups -OCH3 is 1. The Hall–Kier alpha value is -3.52. The molecule has 136 valence electrons. The van der Waals surface area contributed by atoms with E-state index >= 15 is 0 Å². The predicted octanol–water partition coefficient (Wildman–Crippen LogP) is 4.26. The van der Waals surface area contributed by atoms with Crippen LogP contribution < -0.4 is 14.8 Å². The minimum absolute atomic E-state index is 0.0172. The van der Waals surface area contributed by atoms with Gasteiger partial charge < -0.3 is 14.8 Å². The second kappa shape index (κ2) is 7.79. The summed E-state index contributed by atoms with van der Waals surface area (Å²) in [6, 6.07) is 15.0. The highest BCUT2D eigenvalue weighted by Crippen LogP contribution is 2.38. The molecule has 0 bridgehead atoms. The van der Waals surface area contributed by atoms with Gasteiger partial charge in [-0.25, -0.2) is 0 Å². The van der Waals surface area contributed by atoms with Gasteiger partial charge in [-0.3, -0.25) is 4.79 Å². The van der Waals surface area contributed by atoms with E-state index in [0.29, 0.717) is 17.2 Å². The molecule has 0 aromatic heterocycles. The van der Waals surface area contributed by atoms with E-state index in [2.05, 4.69) is 5.32 Å². The van der Waals surface area contributed by atoms with Crippen molar-refractivity contribution in [3.8, 4) is 17.6 Å². The number of hydrogen-bond donors (Lipinski definition) is 1. The minimum Gasteiger partial charge on any atom is -0.493 e. The average Bonchev–Trinajstić information content (AvgIpc) is 2.67. The first-order valence-electron chi connectivity index (χ1n) is 8.57. The molecular weight excluding hydrogens is 340 g/mol. The molecule has 1 N–H and O–H groups in total. The van der Waals surface area contributed by atoms with Gasteiger partial charge in [0, 0.05) is 11.3 Å². The van der Waals surface area contributed by atoms with Gasteiger partial charge in [0.05, 0.1) is 7.11 Å². The molecule has 1 unspecified atom stereocenters. The maximum Gasteiger partial charge on any atom is 0.266 e. The highest BCUT2D eigenvalue weighted by Gasteiger charge is 2.22. The van der Waals surface area contributed by atoms with Gasteiger partial charge in [0.25, 0.3) is 5.91 Å². The van der Waals surface area contributed by atoms with E-state index in [1.54, 1.807) is 25.3 Å². The molecule has 1 heterocycles. The molecule has 3 rings (SSSR count). The zero-order chi connectivity index (χ0) is 19.4. The van der Waals surface area contributed by atoms with Gasteiger partial charge in [0.1, 0.15) is 17.7 Å². The smallest absolute Gasteiger partial charge is 0.266 e. The van der Waals surface area contributed by atoms with Gasteiger partial charge >= 0.3 is 0 Å². The van der Waals surface area contributed by atoms with Crippen molar-refractivity contribution in [3.05, 3.63) is 70.8 Å². The van der Waals surface area contributed by atoms with Crippen molar-refractivity contribution >= 4 is 17.7 Å². The molecule has 1 aliphatic rings. The number of aryl methyl sites for hydroxylation is 1. The summed E-state index contributed by atoms with van der Waals surface area (Å²) in [6.45, 7) is 3.83. The van der Waals surface area contributed by atoms with Crippen LogP contribution >= 0.6 is 0 Å². The number of amides is 1. The van der Waals surface area contributed by atoms with Crippen molar-refractivity contribution < 1.29 is 14.3 Å². The molecule has 0 spiro atoms. The average molecular weight is 360 g/mol. The Morgan fingerprint density at radius 3 is 2.67 bits per heavy atom. The van der Waals surface area contributed by atoms with Gasteiger partial charge in [0.2, 0.25) is 0 Å². The Kier molecular flexibility index (Phi) is 5.28. The molecule has 0 aliphatic carbocycles. The van der Waals surface area contributed by atoms with Crippen LogP contribution in [-0.2, 0) is 4.79 Å². The quantitative estimate of drug-likeness (QED) is 0.653. The van der Waals surface area contributed by atoms with Crippen LogP contribution in [-0.4, -0.2) is 19.1 Å². The number of nitriles is 1. The second-order valence-corrected chi connectivity index (χ2v) is 6.27. The lowest BCUT2D eigenvalue weighted by atomic mass is 10.00. The zero-order valence-electron chi connectivity index (χ0n) is 15.4. The number of fused-ring (bicyclic) bond motifs is 1. The maximum absolute atomic E-state index is 12.5. The molecule has 1 aliphatic heterocycles. The molecule has 2 aromatic rings. The van der Waals surface area contributed by atoms with Crippen LogP contribution in [0, 0.1) is 18.3 Å². The van der Waals surface area contributed by atoms with Crippen LogP contribution in [0.4, 0.5) is 5.69 Å². The topological polar surface area (TPSA) is 71.3 Å². The highest BCUT2D eigenvalue weighted by atomic mass is 16.5. The summed E-state index contributed by atoms with van der Waals surface area (Å²) in [5, 5.41) is 12.2. The standard InChI is InChI=1S/C22H20N2O3/c1-14-7-9-19(10-8-14)24-22(25)18(13-23)12-17-11-16-5-4-6-20(26-3)21(16)27-15(17)2/h4-12,15H,1-3H3,(H,24,25). The molecule has 2 aromatic carbocycles. The number of carbonyl (C=O) groups is 1. The van der Waals surface area contributed by atoms with Crippen LogP contribution in [0.3, 0.4) is 0 Å². The van der Waals surface area contributed by atoms with E-state index in [0.717, 1.165) is 16.7 Å². The molecule has 1 atom stereocenters. The molecule has 27 heavy (non-hydrogen) atoms. The lowest BCUT2D eigenvalue weighted by Gasteiger charge is -2.24. The Balaban J connectivity index is 1.88. The molecule has 0 saturated heterocycles. The first kappa shape index (κ1) is 18.3. The second-order valence-electron chi connectivity index (χ2n) is 6.27. The summed E-state index contributed by atoms with van der Waals surface area (Å²) in [5.74, 6) is 0.856. The lowest BCUT2D eigenvalue weighted by molar-refractivity contribution is -0.112. The first-order valence-corrected chi connectivity index (χ1v) is 8.57. The number of anilines is 1. The summed E-state index contributed by atoms with van der Waals surface area (Å²) in [5.41, 5.74) is 3.34. The number of carbonyl (C=O) groups excluding carboxylic acids is 1. The van der Waals surface area contributed by atoms with Crippen molar-refractivity contribution in [1.29, 1.82) is 5.26 Å². The van der Waals surface area contributed by atoms with Crippen LogP contribution in [0.5, 0.6) is 11.5 Å². The molecule has 0 radical (unpaired) electrons. The minimum atomic E-state index is -0.453. The lowest BCUT2D eigenvalue weighted by Crippen LogP contribution is -2.20. The van der Waals surface area contributed by atoms with Gasteiger partial charge in [-0.05, 0) is 49.8 Å². The number of rotatable bonds is 4.